The van der Waals surface area contributed by atoms with Gasteiger partial charge in [0, 0.05) is 37.1 Å². The van der Waals surface area contributed by atoms with Crippen LogP contribution in [0.3, 0.4) is 0 Å². The molecule has 0 amide bonds. The fourth-order valence-corrected chi connectivity index (χ4v) is 10.0. The van der Waals surface area contributed by atoms with Crippen molar-refractivity contribution in [2.75, 3.05) is 4.90 Å². The van der Waals surface area contributed by atoms with Crippen molar-refractivity contribution in [3.63, 3.8) is 0 Å². The highest BCUT2D eigenvalue weighted by Gasteiger charge is 2.20. The summed E-state index contributed by atoms with van der Waals surface area (Å²) in [6, 6.07) is 90.3. The van der Waals surface area contributed by atoms with Crippen LogP contribution in [0, 0.1) is 0 Å². The fraction of sp³-hybridized carbons (Fsp3) is 0. The summed E-state index contributed by atoms with van der Waals surface area (Å²) in [6.07, 6.45) is 0. The summed E-state index contributed by atoms with van der Waals surface area (Å²) >= 11 is 1.86. The Bertz CT molecular complexity index is 3310. The molecule has 1 nitrogen and oxygen atoms in total. The van der Waals surface area contributed by atoms with Gasteiger partial charge >= 0.3 is 0 Å². The van der Waals surface area contributed by atoms with Gasteiger partial charge in [-0.3, -0.25) is 0 Å². The minimum Gasteiger partial charge on any atom is -0.310 e. The molecule has 62 heavy (non-hydrogen) atoms. The van der Waals surface area contributed by atoms with Crippen LogP contribution < -0.4 is 4.90 Å². The third-order valence-electron chi connectivity index (χ3n) is 12.0. The molecule has 0 fully saturated rings. The SMILES string of the molecule is c1ccc(-c2ccc(-c3ccc(N(c4ccc(-c5ccc6c(c5)sc5ccccc56)cc4)c4ccccc4-c4ccccc4-c4ccccc4-c4ccccc4)cc3)cc2)cc1. The standard InChI is InChI=1S/C60H41NS/c1-3-15-42(16-4-1)43-27-29-44(30-28-43)45-31-36-49(37-32-45)61(50-38-33-46(34-39-50)48-35-40-57-56-24-12-14-26-59(56)62-60(57)41-48)58-25-13-11-23-55(58)54-22-10-9-21-53(54)52-20-8-7-19-51(52)47-17-5-2-6-18-47/h1-41H. The molecule has 0 aliphatic rings. The van der Waals surface area contributed by atoms with Crippen LogP contribution in [0.4, 0.5) is 17.1 Å². The van der Waals surface area contributed by atoms with E-state index >= 15 is 0 Å². The number of thiophene rings is 1. The Morgan fingerprint density at radius 3 is 1.24 bits per heavy atom. The number of nitrogens with zero attached hydrogens (tertiary/aromatic N) is 1. The predicted octanol–water partition coefficient (Wildman–Crippen LogP) is 17.5. The Kier molecular flexibility index (Phi) is 9.82. The molecule has 0 saturated carbocycles. The molecule has 11 aromatic rings. The minimum absolute atomic E-state index is 1.09. The number of benzene rings is 10. The molecule has 0 saturated heterocycles. The Hall–Kier alpha value is -7.78. The van der Waals surface area contributed by atoms with Gasteiger partial charge in [0.05, 0.1) is 5.69 Å². The lowest BCUT2D eigenvalue weighted by Gasteiger charge is -2.29. The molecular weight excluding hydrogens is 767 g/mol. The van der Waals surface area contributed by atoms with Crippen molar-refractivity contribution < 1.29 is 0 Å². The Morgan fingerprint density at radius 1 is 0.242 bits per heavy atom. The predicted molar refractivity (Wildman–Crippen MR) is 267 cm³/mol. The van der Waals surface area contributed by atoms with E-state index in [2.05, 4.69) is 254 Å². The summed E-state index contributed by atoms with van der Waals surface area (Å²) in [5.41, 5.74) is 17.7. The second kappa shape index (κ2) is 16.3. The Morgan fingerprint density at radius 2 is 0.629 bits per heavy atom. The van der Waals surface area contributed by atoms with E-state index in [1.807, 2.05) is 11.3 Å². The number of hydrogen-bond acceptors (Lipinski definition) is 2. The van der Waals surface area contributed by atoms with Crippen LogP contribution in [-0.2, 0) is 0 Å². The summed E-state index contributed by atoms with van der Waals surface area (Å²) in [7, 11) is 0. The first-order valence-electron chi connectivity index (χ1n) is 21.2. The number of fused-ring (bicyclic) bond motifs is 3. The van der Waals surface area contributed by atoms with E-state index in [-0.39, 0.29) is 0 Å². The van der Waals surface area contributed by atoms with Gasteiger partial charge in [0.1, 0.15) is 0 Å². The molecule has 11 rings (SSSR count). The second-order valence-corrected chi connectivity index (χ2v) is 16.7. The molecule has 10 aromatic carbocycles. The monoisotopic (exact) mass is 807 g/mol. The van der Waals surface area contributed by atoms with Crippen LogP contribution in [0.2, 0.25) is 0 Å². The van der Waals surface area contributed by atoms with Crippen LogP contribution >= 0.6 is 11.3 Å². The summed E-state index contributed by atoms with van der Waals surface area (Å²) in [5, 5.41) is 2.64. The van der Waals surface area contributed by atoms with Gasteiger partial charge in [0.25, 0.3) is 0 Å². The first-order chi connectivity index (χ1) is 30.7. The Balaban J connectivity index is 1.02. The zero-order valence-corrected chi connectivity index (χ0v) is 34.8. The smallest absolute Gasteiger partial charge is 0.0540 e. The summed E-state index contributed by atoms with van der Waals surface area (Å²) < 4.78 is 2.63. The van der Waals surface area contributed by atoms with Crippen molar-refractivity contribution in [1.82, 2.24) is 0 Å². The summed E-state index contributed by atoms with van der Waals surface area (Å²) in [4.78, 5) is 2.41. The third kappa shape index (κ3) is 7.07. The van der Waals surface area contributed by atoms with Crippen LogP contribution in [-0.4, -0.2) is 0 Å². The maximum absolute atomic E-state index is 2.41. The highest BCUT2D eigenvalue weighted by Crippen LogP contribution is 2.46. The first kappa shape index (κ1) is 37.2. The van der Waals surface area contributed by atoms with Crippen LogP contribution in [0.5, 0.6) is 0 Å². The number of anilines is 3. The van der Waals surface area contributed by atoms with Crippen molar-refractivity contribution in [3.8, 4) is 66.8 Å². The topological polar surface area (TPSA) is 3.24 Å². The normalized spacial score (nSPS) is 11.2. The minimum atomic E-state index is 1.09. The number of para-hydroxylation sites is 1. The lowest BCUT2D eigenvalue weighted by Crippen LogP contribution is -2.11. The zero-order chi connectivity index (χ0) is 41.2. The van der Waals surface area contributed by atoms with E-state index in [0.717, 1.165) is 22.6 Å². The van der Waals surface area contributed by atoms with Crippen molar-refractivity contribution in [2.24, 2.45) is 0 Å². The van der Waals surface area contributed by atoms with E-state index in [1.54, 1.807) is 0 Å². The molecule has 0 aliphatic carbocycles. The molecule has 0 atom stereocenters. The molecule has 2 heteroatoms. The van der Waals surface area contributed by atoms with Gasteiger partial charge in [-0.1, -0.05) is 206 Å². The lowest BCUT2D eigenvalue weighted by molar-refractivity contribution is 1.28. The highest BCUT2D eigenvalue weighted by atomic mass is 32.1. The molecule has 292 valence electrons. The van der Waals surface area contributed by atoms with Gasteiger partial charge in [-0.2, -0.15) is 0 Å². The molecule has 0 spiro atoms. The van der Waals surface area contributed by atoms with E-state index in [4.69, 9.17) is 0 Å². The van der Waals surface area contributed by atoms with Crippen molar-refractivity contribution >= 4 is 48.6 Å². The van der Waals surface area contributed by atoms with E-state index in [9.17, 15) is 0 Å². The maximum Gasteiger partial charge on any atom is 0.0540 e. The van der Waals surface area contributed by atoms with Crippen LogP contribution in [0.25, 0.3) is 86.9 Å². The van der Waals surface area contributed by atoms with E-state index in [1.165, 1.54) is 81.4 Å². The van der Waals surface area contributed by atoms with Gasteiger partial charge in [0.2, 0.25) is 0 Å². The zero-order valence-electron chi connectivity index (χ0n) is 34.0. The van der Waals surface area contributed by atoms with Crippen LogP contribution in [0.15, 0.2) is 249 Å². The van der Waals surface area contributed by atoms with Crippen molar-refractivity contribution in [3.05, 3.63) is 249 Å². The molecule has 1 heterocycles. The second-order valence-electron chi connectivity index (χ2n) is 15.7. The number of rotatable bonds is 9. The lowest BCUT2D eigenvalue weighted by atomic mass is 9.88. The van der Waals surface area contributed by atoms with Crippen LogP contribution in [0.1, 0.15) is 0 Å². The van der Waals surface area contributed by atoms with E-state index < -0.39 is 0 Å². The van der Waals surface area contributed by atoms with Gasteiger partial charge in [-0.15, -0.1) is 11.3 Å². The quantitative estimate of drug-likeness (QED) is 0.140. The summed E-state index contributed by atoms with van der Waals surface area (Å²) in [6.45, 7) is 0. The van der Waals surface area contributed by atoms with Gasteiger partial charge in [-0.05, 0) is 104 Å². The molecule has 1 aromatic heterocycles. The fourth-order valence-electron chi connectivity index (χ4n) is 8.86. The van der Waals surface area contributed by atoms with Gasteiger partial charge in [-0.25, -0.2) is 0 Å². The molecule has 0 bridgehead atoms. The maximum atomic E-state index is 2.41. The molecule has 0 unspecified atom stereocenters. The average Bonchev–Trinajstić information content (AvgIpc) is 3.73. The number of hydrogen-bond donors (Lipinski definition) is 0. The molecule has 0 radical (unpaired) electrons. The molecule has 0 N–H and O–H groups in total. The summed E-state index contributed by atoms with van der Waals surface area (Å²) in [5.74, 6) is 0. The average molecular weight is 808 g/mol. The molecular formula is C60H41NS. The largest absolute Gasteiger partial charge is 0.310 e. The highest BCUT2D eigenvalue weighted by molar-refractivity contribution is 7.25. The molecule has 0 aliphatic heterocycles. The van der Waals surface area contributed by atoms with E-state index in [0.29, 0.717) is 0 Å². The van der Waals surface area contributed by atoms with Crippen molar-refractivity contribution in [1.29, 1.82) is 0 Å². The first-order valence-corrected chi connectivity index (χ1v) is 22.0. The van der Waals surface area contributed by atoms with Crippen molar-refractivity contribution in [2.45, 2.75) is 0 Å². The third-order valence-corrected chi connectivity index (χ3v) is 13.1. The van der Waals surface area contributed by atoms with Gasteiger partial charge < -0.3 is 4.90 Å². The Labute approximate surface area is 367 Å². The van der Waals surface area contributed by atoms with Gasteiger partial charge in [0.15, 0.2) is 0 Å².